The number of allylic oxidation sites excluding steroid dienone is 1. The van der Waals surface area contributed by atoms with E-state index in [1.807, 2.05) is 48.8 Å². The lowest BCUT2D eigenvalue weighted by molar-refractivity contribution is -0.140. The number of amides is 3. The van der Waals surface area contributed by atoms with E-state index in [-0.39, 0.29) is 43.4 Å². The zero-order valence-corrected chi connectivity index (χ0v) is 32.9. The van der Waals surface area contributed by atoms with Gasteiger partial charge in [-0.1, -0.05) is 51.0 Å². The zero-order valence-electron chi connectivity index (χ0n) is 32.1. The highest BCUT2D eigenvalue weighted by Gasteiger charge is 2.63. The number of sulfonamides is 1. The molecule has 0 bridgehead atoms. The van der Waals surface area contributed by atoms with Gasteiger partial charge in [0.05, 0.1) is 27.9 Å². The molecule has 5 atom stereocenters. The molecule has 7 rings (SSSR count). The van der Waals surface area contributed by atoms with Gasteiger partial charge in [0.2, 0.25) is 21.8 Å². The maximum absolute atomic E-state index is 14.7. The number of halogens is 4. The predicted molar refractivity (Wildman–Crippen MR) is 204 cm³/mol. The zero-order chi connectivity index (χ0) is 40.9. The van der Waals surface area contributed by atoms with E-state index in [0.717, 1.165) is 17.6 Å². The second-order valence-corrected chi connectivity index (χ2v) is 18.7. The van der Waals surface area contributed by atoms with Crippen LogP contribution in [0.1, 0.15) is 84.1 Å². The molecule has 3 heterocycles. The van der Waals surface area contributed by atoms with Crippen LogP contribution in [0.3, 0.4) is 0 Å². The van der Waals surface area contributed by atoms with Gasteiger partial charge in [-0.15, -0.1) is 0 Å². The van der Waals surface area contributed by atoms with Gasteiger partial charge in [0, 0.05) is 24.6 Å². The monoisotopic (exact) mass is 816 g/mol. The first-order valence-electron chi connectivity index (χ1n) is 19.5. The van der Waals surface area contributed by atoms with Gasteiger partial charge in [0.1, 0.15) is 29.5 Å². The summed E-state index contributed by atoms with van der Waals surface area (Å²) in [5, 5.41) is 5.67. The smallest absolute Gasteiger partial charge is 0.416 e. The van der Waals surface area contributed by atoms with Crippen LogP contribution in [0.5, 0.6) is 6.01 Å². The molecule has 3 amide bonds. The molecule has 4 aliphatic rings. The minimum Gasteiger partial charge on any atom is -0.459 e. The number of carbonyl (C=O) groups is 3. The minimum absolute atomic E-state index is 0.0397. The number of hydrogen-bond donors (Lipinski definition) is 3. The van der Waals surface area contributed by atoms with Gasteiger partial charge in [-0.3, -0.25) is 23.7 Å². The van der Waals surface area contributed by atoms with E-state index in [9.17, 15) is 40.4 Å². The van der Waals surface area contributed by atoms with Crippen molar-refractivity contribution >= 4 is 44.5 Å². The maximum atomic E-state index is 14.7. The summed E-state index contributed by atoms with van der Waals surface area (Å²) in [4.78, 5) is 49.0. The fourth-order valence-electron chi connectivity index (χ4n) is 7.82. The van der Waals surface area contributed by atoms with Crippen molar-refractivity contribution < 1.29 is 45.1 Å². The second kappa shape index (κ2) is 15.3. The van der Waals surface area contributed by atoms with Gasteiger partial charge in [-0.2, -0.15) is 18.2 Å². The summed E-state index contributed by atoms with van der Waals surface area (Å²) in [6.07, 6.45) is 1.50. The third-order valence-electron chi connectivity index (χ3n) is 11.5. The van der Waals surface area contributed by atoms with Crippen molar-refractivity contribution in [2.45, 2.75) is 120 Å². The summed E-state index contributed by atoms with van der Waals surface area (Å²) in [5.74, 6) is -3.64. The number of benzene rings is 2. The molecule has 1 aromatic heterocycles. The number of aromatic nitrogens is 2. The number of hydrogen-bond acceptors (Lipinski definition) is 8. The van der Waals surface area contributed by atoms with Crippen molar-refractivity contribution in [3.05, 3.63) is 66.0 Å². The molecule has 3 N–H and O–H groups in total. The number of nitrogens with zero attached hydrogens (tertiary/aromatic N) is 3. The van der Waals surface area contributed by atoms with Gasteiger partial charge in [0.25, 0.3) is 11.9 Å². The third-order valence-corrected chi connectivity index (χ3v) is 13.6. The summed E-state index contributed by atoms with van der Waals surface area (Å²) >= 11 is 0. The number of nitrogens with one attached hydrogen (secondary N) is 3. The van der Waals surface area contributed by atoms with E-state index in [2.05, 4.69) is 15.4 Å². The molecule has 17 heteroatoms. The lowest BCUT2D eigenvalue weighted by Gasteiger charge is -2.30. The molecule has 57 heavy (non-hydrogen) atoms. The Morgan fingerprint density at radius 3 is 2.58 bits per heavy atom. The molecule has 1 saturated heterocycles. The average Bonchev–Trinajstić information content (AvgIpc) is 3.97. The number of alkyl halides is 3. The molecule has 308 valence electrons. The summed E-state index contributed by atoms with van der Waals surface area (Å²) in [5.41, 5.74) is -1.56. The fourth-order valence-corrected chi connectivity index (χ4v) is 9.13. The van der Waals surface area contributed by atoms with Gasteiger partial charge in [-0.05, 0) is 81.7 Å². The van der Waals surface area contributed by atoms with Crippen molar-refractivity contribution in [2.75, 3.05) is 11.9 Å². The number of para-hydroxylation sites is 2. The molecule has 3 fully saturated rings. The molecule has 2 aliphatic heterocycles. The van der Waals surface area contributed by atoms with Crippen LogP contribution in [-0.2, 0) is 37.1 Å². The van der Waals surface area contributed by atoms with Crippen LogP contribution in [0.25, 0.3) is 11.0 Å². The number of rotatable bonds is 9. The molecular weight excluding hydrogens is 769 g/mol. The molecule has 2 aliphatic carbocycles. The van der Waals surface area contributed by atoms with Crippen LogP contribution >= 0.6 is 0 Å². The predicted octanol–water partition coefficient (Wildman–Crippen LogP) is 6.07. The number of fused-ring (bicyclic) bond motifs is 3. The molecule has 12 nitrogen and oxygen atoms in total. The molecule has 2 aromatic carbocycles. The molecule has 0 radical (unpaired) electrons. The molecule has 3 aromatic rings. The normalized spacial score (nSPS) is 27.1. The van der Waals surface area contributed by atoms with E-state index in [4.69, 9.17) is 9.72 Å². The van der Waals surface area contributed by atoms with Crippen LogP contribution in [-0.4, -0.2) is 75.6 Å². The lowest BCUT2D eigenvalue weighted by Crippen LogP contribution is -2.58. The van der Waals surface area contributed by atoms with E-state index in [1.54, 1.807) is 13.0 Å². The Morgan fingerprint density at radius 1 is 1.11 bits per heavy atom. The van der Waals surface area contributed by atoms with Crippen molar-refractivity contribution in [1.82, 2.24) is 24.5 Å². The highest BCUT2D eigenvalue weighted by atomic mass is 32.2. The van der Waals surface area contributed by atoms with Crippen LogP contribution in [0.4, 0.5) is 23.2 Å². The van der Waals surface area contributed by atoms with Gasteiger partial charge >= 0.3 is 6.18 Å². The Bertz CT molecular complexity index is 2190. The van der Waals surface area contributed by atoms with Crippen LogP contribution < -0.4 is 20.1 Å². The van der Waals surface area contributed by atoms with Crippen molar-refractivity contribution in [2.24, 2.45) is 11.8 Å². The summed E-state index contributed by atoms with van der Waals surface area (Å²) in [6.45, 7) is 6.07. The first kappa shape index (κ1) is 40.5. The van der Waals surface area contributed by atoms with Crippen molar-refractivity contribution in [3.8, 4) is 6.01 Å². The highest BCUT2D eigenvalue weighted by molar-refractivity contribution is 7.91. The standard InChI is InChI=1S/C40H48F4N6O6S/c1-24(2)22-50-32-14-10-9-12-30(32)46-37(50)56-29-20-33-34(51)47-39(36(53)48-57(54,55)38(3)15-16-38)21-25(39)11-7-5-4-6-8-13-31(35(52)49(33)23-29)45-28-18-26(40(42,43)44)17-27(41)19-28/h7,9-12,14,17-19,24-25,29,31,33,45H,4-6,8,13,15-16,20-23H2,1-3H3,(H,47,51)(H,48,53)/b11-7-/t25-,29-,31+,33+,39-/m1/s1. The number of imidazole rings is 1. The van der Waals surface area contributed by atoms with Gasteiger partial charge in [0.15, 0.2) is 0 Å². The van der Waals surface area contributed by atoms with E-state index >= 15 is 0 Å². The van der Waals surface area contributed by atoms with E-state index in [1.165, 1.54) is 4.90 Å². The lowest BCUT2D eigenvalue weighted by atomic mass is 10.0. The van der Waals surface area contributed by atoms with E-state index < -0.39 is 79.7 Å². The average molecular weight is 817 g/mol. The summed E-state index contributed by atoms with van der Waals surface area (Å²) in [7, 11) is -4.05. The first-order chi connectivity index (χ1) is 26.9. The van der Waals surface area contributed by atoms with Crippen LogP contribution in [0, 0.1) is 17.7 Å². The molecule has 2 saturated carbocycles. The van der Waals surface area contributed by atoms with Crippen molar-refractivity contribution in [3.63, 3.8) is 0 Å². The topological polar surface area (TPSA) is 152 Å². The number of ether oxygens (including phenoxy) is 1. The van der Waals surface area contributed by atoms with Gasteiger partial charge < -0.3 is 20.3 Å². The Kier molecular flexibility index (Phi) is 10.8. The number of carbonyl (C=O) groups excluding carboxylic acids is 3. The van der Waals surface area contributed by atoms with Crippen LogP contribution in [0.15, 0.2) is 54.6 Å². The Hall–Kier alpha value is -4.67. The Labute approximate surface area is 328 Å². The number of anilines is 1. The van der Waals surface area contributed by atoms with Crippen LogP contribution in [0.2, 0.25) is 0 Å². The molecule has 0 unspecified atom stereocenters. The molecular formula is C40H48F4N6O6S. The van der Waals surface area contributed by atoms with Crippen molar-refractivity contribution in [1.29, 1.82) is 0 Å². The summed E-state index contributed by atoms with van der Waals surface area (Å²) in [6, 6.07) is 7.36. The highest BCUT2D eigenvalue weighted by Crippen LogP contribution is 2.47. The van der Waals surface area contributed by atoms with Gasteiger partial charge in [-0.25, -0.2) is 12.8 Å². The third kappa shape index (κ3) is 8.49. The maximum Gasteiger partial charge on any atom is 0.416 e. The Balaban J connectivity index is 1.23. The minimum atomic E-state index is -4.84. The summed E-state index contributed by atoms with van der Waals surface area (Å²) < 4.78 is 91.5. The second-order valence-electron chi connectivity index (χ2n) is 16.5. The molecule has 0 spiro atoms. The fraction of sp³-hybridized carbons (Fsp3) is 0.550. The van der Waals surface area contributed by atoms with E-state index in [0.29, 0.717) is 56.7 Å². The largest absolute Gasteiger partial charge is 0.459 e. The SMILES string of the molecule is CC(C)Cn1c(O[C@@H]2C[C@H]3C(=O)N[C@]4(C(=O)NS(=O)(=O)C5(C)CC5)C[C@H]4/C=C\CCCCC[C@H](Nc4cc(F)cc(C(F)(F)F)c4)C(=O)N3C2)nc2ccccc21. The first-order valence-corrected chi connectivity index (χ1v) is 21.0. The Morgan fingerprint density at radius 2 is 1.86 bits per heavy atom. The quantitative estimate of drug-likeness (QED) is 0.174.